The largest absolute Gasteiger partial charge is 0.463 e. The van der Waals surface area contributed by atoms with Crippen LogP contribution in [0.2, 0.25) is 0 Å². The molecule has 1 aromatic carbocycles. The van der Waals surface area contributed by atoms with E-state index in [2.05, 4.69) is 12.2 Å². The first-order valence-electron chi connectivity index (χ1n) is 15.9. The number of alkyl carbamates (subject to hydrolysis) is 1. The van der Waals surface area contributed by atoms with Gasteiger partial charge < -0.3 is 52.7 Å². The molecule has 1 amide bonds. The van der Waals surface area contributed by atoms with E-state index < -0.39 is 6.09 Å². The maximum Gasteiger partial charge on any atom is 0.407 e. The molecular formula is C32H55NO12. The monoisotopic (exact) mass is 645 g/mol. The fourth-order valence-corrected chi connectivity index (χ4v) is 3.45. The molecule has 0 saturated carbocycles. The summed E-state index contributed by atoms with van der Waals surface area (Å²) in [5.74, 6) is -0.163. The number of ether oxygens (including phenoxy) is 10. The number of carbonyl (C=O) groups excluding carboxylic acids is 2. The molecule has 0 aliphatic carbocycles. The summed E-state index contributed by atoms with van der Waals surface area (Å²) in [5, 5.41) is 2.64. The van der Waals surface area contributed by atoms with Crippen molar-refractivity contribution in [2.24, 2.45) is 0 Å². The van der Waals surface area contributed by atoms with Crippen LogP contribution in [0.5, 0.6) is 0 Å². The molecule has 13 heteroatoms. The second-order valence-corrected chi connectivity index (χ2v) is 9.57. The third-order valence-corrected chi connectivity index (χ3v) is 5.81. The maximum atomic E-state index is 11.6. The Balaban J connectivity index is 1.66. The lowest BCUT2D eigenvalue weighted by molar-refractivity contribution is -0.145. The Morgan fingerprint density at radius 3 is 1.40 bits per heavy atom. The van der Waals surface area contributed by atoms with Crippen LogP contribution in [0.3, 0.4) is 0 Å². The molecule has 0 bridgehead atoms. The van der Waals surface area contributed by atoms with Crippen LogP contribution in [0.4, 0.5) is 4.79 Å². The van der Waals surface area contributed by atoms with Crippen molar-refractivity contribution in [2.45, 2.75) is 39.2 Å². The normalized spacial score (nSPS) is 11.0. The second-order valence-electron chi connectivity index (χ2n) is 9.57. The summed E-state index contributed by atoms with van der Waals surface area (Å²) in [6, 6.07) is 9.50. The summed E-state index contributed by atoms with van der Waals surface area (Å²) in [7, 11) is 0. The number of rotatable bonds is 33. The first kappa shape index (κ1) is 40.7. The van der Waals surface area contributed by atoms with Crippen molar-refractivity contribution in [1.29, 1.82) is 0 Å². The molecule has 13 nitrogen and oxygen atoms in total. The fraction of sp³-hybridized carbons (Fsp3) is 0.750. The summed E-state index contributed by atoms with van der Waals surface area (Å²) in [4.78, 5) is 23.1. The van der Waals surface area contributed by atoms with E-state index in [-0.39, 0.29) is 19.2 Å². The first-order chi connectivity index (χ1) is 22.2. The van der Waals surface area contributed by atoms with E-state index in [1.165, 1.54) is 0 Å². The van der Waals surface area contributed by atoms with Crippen molar-refractivity contribution < 1.29 is 57.0 Å². The van der Waals surface area contributed by atoms with E-state index in [0.29, 0.717) is 119 Å². The summed E-state index contributed by atoms with van der Waals surface area (Å²) in [5.41, 5.74) is 0.936. The molecule has 45 heavy (non-hydrogen) atoms. The molecule has 0 aliphatic heterocycles. The zero-order valence-corrected chi connectivity index (χ0v) is 27.0. The minimum atomic E-state index is -0.471. The van der Waals surface area contributed by atoms with E-state index in [1.54, 1.807) is 0 Å². The van der Waals surface area contributed by atoms with Crippen LogP contribution >= 0.6 is 0 Å². The predicted molar refractivity (Wildman–Crippen MR) is 166 cm³/mol. The topological polar surface area (TPSA) is 138 Å². The van der Waals surface area contributed by atoms with E-state index in [1.807, 2.05) is 30.3 Å². The van der Waals surface area contributed by atoms with Gasteiger partial charge in [0.05, 0.1) is 106 Å². The molecule has 0 aliphatic rings. The average Bonchev–Trinajstić information content (AvgIpc) is 3.05. The van der Waals surface area contributed by atoms with Crippen molar-refractivity contribution in [1.82, 2.24) is 5.32 Å². The number of amides is 1. The lowest BCUT2D eigenvalue weighted by Gasteiger charge is -2.09. The van der Waals surface area contributed by atoms with Crippen LogP contribution in [-0.4, -0.2) is 131 Å². The first-order valence-corrected chi connectivity index (χ1v) is 15.9. The van der Waals surface area contributed by atoms with E-state index in [0.717, 1.165) is 24.8 Å². The number of benzene rings is 1. The van der Waals surface area contributed by atoms with Gasteiger partial charge in [0.25, 0.3) is 0 Å². The fourth-order valence-electron chi connectivity index (χ4n) is 3.45. The summed E-state index contributed by atoms with van der Waals surface area (Å²) in [6.45, 7) is 10.3. The Kier molecular flexibility index (Phi) is 29.8. The highest BCUT2D eigenvalue weighted by Gasteiger charge is 2.03. The Hall–Kier alpha value is -2.36. The van der Waals surface area contributed by atoms with Crippen LogP contribution < -0.4 is 5.32 Å². The van der Waals surface area contributed by atoms with Gasteiger partial charge in [0.2, 0.25) is 0 Å². The lowest BCUT2D eigenvalue weighted by Crippen LogP contribution is -2.28. The van der Waals surface area contributed by atoms with E-state index in [9.17, 15) is 9.59 Å². The van der Waals surface area contributed by atoms with Crippen LogP contribution in [-0.2, 0) is 58.8 Å². The van der Waals surface area contributed by atoms with Gasteiger partial charge >= 0.3 is 12.1 Å². The number of hydrogen-bond acceptors (Lipinski definition) is 12. The number of unbranched alkanes of at least 4 members (excludes halogenated alkanes) is 2. The molecule has 0 saturated heterocycles. The molecule has 0 heterocycles. The van der Waals surface area contributed by atoms with Crippen LogP contribution in [0.1, 0.15) is 38.2 Å². The molecule has 1 N–H and O–H groups in total. The van der Waals surface area contributed by atoms with Crippen molar-refractivity contribution in [3.63, 3.8) is 0 Å². The van der Waals surface area contributed by atoms with Gasteiger partial charge in [0.1, 0.15) is 13.2 Å². The maximum absolute atomic E-state index is 11.6. The molecule has 0 spiro atoms. The van der Waals surface area contributed by atoms with Crippen molar-refractivity contribution >= 4 is 12.1 Å². The minimum absolute atomic E-state index is 0.163. The molecule has 0 aromatic heterocycles. The molecular weight excluding hydrogens is 590 g/mol. The zero-order valence-electron chi connectivity index (χ0n) is 27.0. The predicted octanol–water partition coefficient (Wildman–Crippen LogP) is 3.17. The minimum Gasteiger partial charge on any atom is -0.463 e. The molecule has 0 radical (unpaired) electrons. The third-order valence-electron chi connectivity index (χ3n) is 5.81. The second kappa shape index (κ2) is 33.0. The van der Waals surface area contributed by atoms with Gasteiger partial charge in [-0.2, -0.15) is 0 Å². The summed E-state index contributed by atoms with van der Waals surface area (Å²) in [6.07, 6.45) is 3.01. The molecule has 1 rings (SSSR count). The molecule has 1 aromatic rings. The van der Waals surface area contributed by atoms with E-state index in [4.69, 9.17) is 47.4 Å². The quantitative estimate of drug-likeness (QED) is 0.0888. The van der Waals surface area contributed by atoms with Gasteiger partial charge in [0, 0.05) is 13.0 Å². The number of esters is 1. The highest BCUT2D eigenvalue weighted by molar-refractivity contribution is 5.69. The number of carbonyl (C=O) groups is 2. The van der Waals surface area contributed by atoms with Crippen molar-refractivity contribution in [3.8, 4) is 0 Å². The number of nitrogens with one attached hydrogen (secondary N) is 1. The van der Waals surface area contributed by atoms with E-state index >= 15 is 0 Å². The van der Waals surface area contributed by atoms with Gasteiger partial charge in [-0.25, -0.2) is 4.79 Å². The molecule has 0 fully saturated rings. The average molecular weight is 646 g/mol. The molecule has 0 atom stereocenters. The van der Waals surface area contributed by atoms with Gasteiger partial charge in [-0.3, -0.25) is 4.79 Å². The standard InChI is InChI=1S/C32H55NO12/c1-2-3-5-10-31(34)44-28-27-43-26-25-42-24-23-41-22-21-40-20-19-39-18-17-38-16-15-37-14-13-36-12-11-33-32(35)45-29-30-8-6-4-7-9-30/h4,6-9H,2-3,5,10-29H2,1H3,(H,33,35). The number of hydrogen-bond donors (Lipinski definition) is 1. The third kappa shape index (κ3) is 30.1. The van der Waals surface area contributed by atoms with Crippen LogP contribution in [0.15, 0.2) is 30.3 Å². The Bertz CT molecular complexity index is 787. The Labute approximate surface area is 268 Å². The van der Waals surface area contributed by atoms with Crippen LogP contribution in [0, 0.1) is 0 Å². The molecule has 260 valence electrons. The highest BCUT2D eigenvalue weighted by Crippen LogP contribution is 2.01. The Morgan fingerprint density at radius 2 is 0.956 bits per heavy atom. The molecule has 0 unspecified atom stereocenters. The Morgan fingerprint density at radius 1 is 0.533 bits per heavy atom. The smallest absolute Gasteiger partial charge is 0.407 e. The van der Waals surface area contributed by atoms with Crippen molar-refractivity contribution in [3.05, 3.63) is 35.9 Å². The van der Waals surface area contributed by atoms with Gasteiger partial charge in [-0.15, -0.1) is 0 Å². The van der Waals surface area contributed by atoms with Crippen LogP contribution in [0.25, 0.3) is 0 Å². The lowest BCUT2D eigenvalue weighted by atomic mass is 10.2. The van der Waals surface area contributed by atoms with Crippen molar-refractivity contribution in [2.75, 3.05) is 119 Å². The highest BCUT2D eigenvalue weighted by atomic mass is 16.6. The zero-order chi connectivity index (χ0) is 32.3. The van der Waals surface area contributed by atoms with Gasteiger partial charge in [-0.05, 0) is 12.0 Å². The van der Waals surface area contributed by atoms with Gasteiger partial charge in [-0.1, -0.05) is 50.1 Å². The van der Waals surface area contributed by atoms with Gasteiger partial charge in [0.15, 0.2) is 0 Å². The SMILES string of the molecule is CCCCCC(=O)OCCOCCOCCOCCOCCOCCOCCOCCOCCNC(=O)OCc1ccccc1. The summed E-state index contributed by atoms with van der Waals surface area (Å²) >= 11 is 0. The summed E-state index contributed by atoms with van der Waals surface area (Å²) < 4.78 is 53.7.